The van der Waals surface area contributed by atoms with Crippen LogP contribution in [0.5, 0.6) is 0 Å². The van der Waals surface area contributed by atoms with E-state index in [0.29, 0.717) is 12.2 Å². The van der Waals surface area contributed by atoms with E-state index in [9.17, 15) is 4.79 Å². The molecule has 0 heterocycles. The molecule has 0 radical (unpaired) electrons. The van der Waals surface area contributed by atoms with Crippen LogP contribution in [-0.2, 0) is 9.53 Å². The number of hydrogen-bond acceptors (Lipinski definition) is 2. The van der Waals surface area contributed by atoms with Crippen molar-refractivity contribution in [2.75, 3.05) is 6.61 Å². The summed E-state index contributed by atoms with van der Waals surface area (Å²) in [5.74, 6) is 0.625. The summed E-state index contributed by atoms with van der Waals surface area (Å²) in [5.41, 5.74) is 0.493. The molecule has 0 rings (SSSR count). The van der Waals surface area contributed by atoms with Crippen LogP contribution in [0.2, 0.25) is 0 Å². The molecular formula is C25H48O2. The Labute approximate surface area is 170 Å². The minimum absolute atomic E-state index is 0.253. The molecule has 160 valence electrons. The van der Waals surface area contributed by atoms with Crippen molar-refractivity contribution in [1.29, 1.82) is 0 Å². The maximum atomic E-state index is 11.2. The van der Waals surface area contributed by atoms with Crippen molar-refractivity contribution in [2.45, 2.75) is 130 Å². The van der Waals surface area contributed by atoms with Gasteiger partial charge in [0.05, 0.1) is 6.61 Å². The van der Waals surface area contributed by atoms with Crippen molar-refractivity contribution in [3.63, 3.8) is 0 Å². The lowest BCUT2D eigenvalue weighted by Gasteiger charge is -2.05. The van der Waals surface area contributed by atoms with Gasteiger partial charge in [-0.25, -0.2) is 4.79 Å². The first kappa shape index (κ1) is 26.2. The molecule has 0 aromatic carbocycles. The Morgan fingerprint density at radius 3 is 1.33 bits per heavy atom. The summed E-state index contributed by atoms with van der Waals surface area (Å²) >= 11 is 0. The van der Waals surface area contributed by atoms with Gasteiger partial charge in [-0.05, 0) is 19.3 Å². The summed E-state index contributed by atoms with van der Waals surface area (Å²) in [7, 11) is 0. The van der Waals surface area contributed by atoms with E-state index in [2.05, 4.69) is 20.4 Å². The number of esters is 1. The SMILES string of the molecule is C=C(C)C(=O)OCCCCCCCCCCCCCCCCCCC(C)C. The van der Waals surface area contributed by atoms with Crippen LogP contribution in [-0.4, -0.2) is 12.6 Å². The fraction of sp³-hybridized carbons (Fsp3) is 0.880. The van der Waals surface area contributed by atoms with Gasteiger partial charge in [-0.3, -0.25) is 0 Å². The molecule has 0 aliphatic heterocycles. The zero-order valence-corrected chi connectivity index (χ0v) is 18.8. The molecule has 2 heteroatoms. The zero-order chi connectivity index (χ0) is 20.2. The maximum Gasteiger partial charge on any atom is 0.333 e. The normalized spacial score (nSPS) is 11.1. The summed E-state index contributed by atoms with van der Waals surface area (Å²) in [5, 5.41) is 0. The molecule has 0 aliphatic rings. The van der Waals surface area contributed by atoms with Gasteiger partial charge in [0.15, 0.2) is 0 Å². The van der Waals surface area contributed by atoms with Crippen LogP contribution in [0.4, 0.5) is 0 Å². The van der Waals surface area contributed by atoms with E-state index < -0.39 is 0 Å². The Bertz CT molecular complexity index is 346. The van der Waals surface area contributed by atoms with Crippen LogP contribution >= 0.6 is 0 Å². The molecular weight excluding hydrogens is 332 g/mol. The first-order valence-electron chi connectivity index (χ1n) is 11.9. The lowest BCUT2D eigenvalue weighted by molar-refractivity contribution is -0.139. The standard InChI is InChI=1S/C25H48O2/c1-23(2)21-19-17-15-13-11-9-7-5-6-8-10-12-14-16-18-20-22-27-25(26)24(3)4/h23H,3,5-22H2,1-2,4H3. The molecule has 0 atom stereocenters. The molecule has 0 aromatic heterocycles. The second kappa shape index (κ2) is 20.0. The van der Waals surface area contributed by atoms with Crippen LogP contribution in [0.15, 0.2) is 12.2 Å². The van der Waals surface area contributed by atoms with Gasteiger partial charge in [-0.15, -0.1) is 0 Å². The van der Waals surface area contributed by atoms with Crippen molar-refractivity contribution in [3.05, 3.63) is 12.2 Å². The van der Waals surface area contributed by atoms with E-state index in [4.69, 9.17) is 4.74 Å². The molecule has 0 saturated carbocycles. The quantitative estimate of drug-likeness (QED) is 0.120. The van der Waals surface area contributed by atoms with Crippen molar-refractivity contribution in [1.82, 2.24) is 0 Å². The molecule has 0 amide bonds. The first-order valence-corrected chi connectivity index (χ1v) is 11.9. The van der Waals surface area contributed by atoms with E-state index in [1.54, 1.807) is 6.92 Å². The molecule has 0 aromatic rings. The van der Waals surface area contributed by atoms with Gasteiger partial charge in [0, 0.05) is 5.57 Å². The largest absolute Gasteiger partial charge is 0.462 e. The Morgan fingerprint density at radius 1 is 0.667 bits per heavy atom. The summed E-state index contributed by atoms with van der Waals surface area (Å²) in [4.78, 5) is 11.2. The summed E-state index contributed by atoms with van der Waals surface area (Å²) in [6.07, 6.45) is 23.3. The number of ether oxygens (including phenoxy) is 1. The van der Waals surface area contributed by atoms with Gasteiger partial charge in [0.25, 0.3) is 0 Å². The van der Waals surface area contributed by atoms with Gasteiger partial charge in [-0.2, -0.15) is 0 Å². The third-order valence-electron chi connectivity index (χ3n) is 5.26. The van der Waals surface area contributed by atoms with Crippen molar-refractivity contribution >= 4 is 5.97 Å². The fourth-order valence-corrected chi connectivity index (χ4v) is 3.42. The van der Waals surface area contributed by atoms with E-state index in [0.717, 1.165) is 12.3 Å². The highest BCUT2D eigenvalue weighted by Gasteiger charge is 2.01. The van der Waals surface area contributed by atoms with Crippen LogP contribution in [0.1, 0.15) is 130 Å². The molecule has 0 bridgehead atoms. The Balaban J connectivity index is 3.07. The molecule has 0 fully saturated rings. The highest BCUT2D eigenvalue weighted by molar-refractivity contribution is 5.86. The highest BCUT2D eigenvalue weighted by atomic mass is 16.5. The lowest BCUT2D eigenvalue weighted by atomic mass is 10.0. The number of hydrogen-bond donors (Lipinski definition) is 0. The predicted octanol–water partition coefficient (Wildman–Crippen LogP) is 8.39. The van der Waals surface area contributed by atoms with Gasteiger partial charge in [0.2, 0.25) is 0 Å². The van der Waals surface area contributed by atoms with Crippen molar-refractivity contribution < 1.29 is 9.53 Å². The second-order valence-electron chi connectivity index (χ2n) is 8.76. The zero-order valence-electron chi connectivity index (χ0n) is 18.8. The molecule has 27 heavy (non-hydrogen) atoms. The van der Waals surface area contributed by atoms with Crippen LogP contribution in [0, 0.1) is 5.92 Å². The Hall–Kier alpha value is -0.790. The van der Waals surface area contributed by atoms with E-state index in [1.807, 2.05) is 0 Å². The van der Waals surface area contributed by atoms with Crippen LogP contribution < -0.4 is 0 Å². The third-order valence-corrected chi connectivity index (χ3v) is 5.26. The number of unbranched alkanes of at least 4 members (excludes halogenated alkanes) is 15. The smallest absolute Gasteiger partial charge is 0.333 e. The maximum absolute atomic E-state index is 11.2. The van der Waals surface area contributed by atoms with Crippen LogP contribution in [0.3, 0.4) is 0 Å². The Kier molecular flexibility index (Phi) is 19.4. The average molecular weight is 381 g/mol. The highest BCUT2D eigenvalue weighted by Crippen LogP contribution is 2.15. The van der Waals surface area contributed by atoms with Gasteiger partial charge in [-0.1, -0.05) is 123 Å². The number of carbonyl (C=O) groups is 1. The van der Waals surface area contributed by atoms with E-state index in [1.165, 1.54) is 103 Å². The lowest BCUT2D eigenvalue weighted by Crippen LogP contribution is -2.05. The number of carbonyl (C=O) groups excluding carboxylic acids is 1. The molecule has 0 aliphatic carbocycles. The topological polar surface area (TPSA) is 26.3 Å². The summed E-state index contributed by atoms with van der Waals surface area (Å²) in [6.45, 7) is 10.5. The Morgan fingerprint density at radius 2 is 1.00 bits per heavy atom. The van der Waals surface area contributed by atoms with Gasteiger partial charge in [0.1, 0.15) is 0 Å². The van der Waals surface area contributed by atoms with Crippen LogP contribution in [0.25, 0.3) is 0 Å². The molecule has 0 saturated heterocycles. The second-order valence-corrected chi connectivity index (χ2v) is 8.76. The van der Waals surface area contributed by atoms with Crippen molar-refractivity contribution in [2.24, 2.45) is 5.92 Å². The molecule has 2 nitrogen and oxygen atoms in total. The first-order chi connectivity index (χ1) is 13.0. The predicted molar refractivity (Wildman–Crippen MR) is 119 cm³/mol. The summed E-state index contributed by atoms with van der Waals surface area (Å²) < 4.78 is 5.10. The van der Waals surface area contributed by atoms with Gasteiger partial charge < -0.3 is 4.74 Å². The molecule has 0 spiro atoms. The third kappa shape index (κ3) is 21.4. The fourth-order valence-electron chi connectivity index (χ4n) is 3.42. The molecule has 0 N–H and O–H groups in total. The monoisotopic (exact) mass is 380 g/mol. The minimum Gasteiger partial charge on any atom is -0.462 e. The van der Waals surface area contributed by atoms with Crippen molar-refractivity contribution in [3.8, 4) is 0 Å². The minimum atomic E-state index is -0.253. The summed E-state index contributed by atoms with van der Waals surface area (Å²) in [6, 6.07) is 0. The van der Waals surface area contributed by atoms with E-state index >= 15 is 0 Å². The van der Waals surface area contributed by atoms with Gasteiger partial charge >= 0.3 is 5.97 Å². The number of rotatable bonds is 20. The average Bonchev–Trinajstić information content (AvgIpc) is 2.63. The van der Waals surface area contributed by atoms with E-state index in [-0.39, 0.29) is 5.97 Å². The molecule has 0 unspecified atom stereocenters.